The average molecular weight is 495 g/mol. The Balaban J connectivity index is 1.17. The number of likely N-dealkylation sites (tertiary alicyclic amines) is 1. The molecule has 1 unspecified atom stereocenters. The molecule has 0 aliphatic carbocycles. The summed E-state index contributed by atoms with van der Waals surface area (Å²) in [6.07, 6.45) is 2.65. The summed E-state index contributed by atoms with van der Waals surface area (Å²) in [7, 11) is 1.89. The zero-order chi connectivity index (χ0) is 25.6. The highest BCUT2D eigenvalue weighted by Gasteiger charge is 2.28. The minimum Gasteiger partial charge on any atom is -0.341 e. The van der Waals surface area contributed by atoms with Crippen LogP contribution in [0, 0.1) is 5.92 Å². The fourth-order valence-electron chi connectivity index (χ4n) is 5.32. The van der Waals surface area contributed by atoms with Crippen molar-refractivity contribution in [3.8, 4) is 0 Å². The lowest BCUT2D eigenvalue weighted by Gasteiger charge is -2.32. The van der Waals surface area contributed by atoms with Gasteiger partial charge in [0.05, 0.1) is 11.0 Å². The number of hydrogen-bond acceptors (Lipinski definition) is 4. The van der Waals surface area contributed by atoms with Gasteiger partial charge >= 0.3 is 0 Å². The Morgan fingerprint density at radius 2 is 1.59 bits per heavy atom. The van der Waals surface area contributed by atoms with Gasteiger partial charge in [0.2, 0.25) is 5.78 Å². The molecule has 1 amide bonds. The van der Waals surface area contributed by atoms with E-state index in [1.807, 2.05) is 72.6 Å². The fourth-order valence-corrected chi connectivity index (χ4v) is 5.32. The number of piperidine rings is 1. The fraction of sp³-hybridized carbons (Fsp3) is 0.323. The van der Waals surface area contributed by atoms with Gasteiger partial charge in [-0.25, -0.2) is 4.98 Å². The molecule has 0 bridgehead atoms. The zero-order valence-corrected chi connectivity index (χ0v) is 21.3. The maximum absolute atomic E-state index is 13.1. The Morgan fingerprint density at radius 1 is 0.946 bits per heavy atom. The third-order valence-corrected chi connectivity index (χ3v) is 7.51. The average Bonchev–Trinajstić information content (AvgIpc) is 3.40. The van der Waals surface area contributed by atoms with Crippen molar-refractivity contribution in [2.24, 2.45) is 5.92 Å². The number of hydrogen-bond donors (Lipinski definition) is 1. The number of likely N-dealkylation sites (N-methyl/N-ethyl adjacent to an activating group) is 1. The van der Waals surface area contributed by atoms with Crippen molar-refractivity contribution in [2.75, 3.05) is 33.2 Å². The van der Waals surface area contributed by atoms with E-state index in [-0.39, 0.29) is 23.5 Å². The van der Waals surface area contributed by atoms with Gasteiger partial charge < -0.3 is 14.8 Å². The normalized spacial score (nSPS) is 15.5. The van der Waals surface area contributed by atoms with Gasteiger partial charge in [-0.2, -0.15) is 0 Å². The van der Waals surface area contributed by atoms with Crippen LogP contribution in [0.5, 0.6) is 0 Å². The quantitative estimate of drug-likeness (QED) is 0.316. The summed E-state index contributed by atoms with van der Waals surface area (Å²) in [5.41, 5.74) is 3.72. The first-order chi connectivity index (χ1) is 18.1. The molecule has 3 aromatic carbocycles. The molecule has 1 N–H and O–H groups in total. The molecule has 190 valence electrons. The molecule has 1 saturated heterocycles. The monoisotopic (exact) mass is 494 g/mol. The first-order valence-corrected chi connectivity index (χ1v) is 13.2. The molecule has 0 spiro atoms. The van der Waals surface area contributed by atoms with Gasteiger partial charge in [-0.15, -0.1) is 0 Å². The second kappa shape index (κ2) is 11.5. The first-order valence-electron chi connectivity index (χ1n) is 13.2. The van der Waals surface area contributed by atoms with E-state index < -0.39 is 0 Å². The van der Waals surface area contributed by atoms with Crippen LogP contribution in [0.1, 0.15) is 51.7 Å². The van der Waals surface area contributed by atoms with E-state index in [0.29, 0.717) is 17.9 Å². The smallest absolute Gasteiger partial charge is 0.253 e. The number of nitrogens with zero attached hydrogens (tertiary/aromatic N) is 3. The molecule has 4 aromatic rings. The standard InChI is InChI=1S/C31H34N4O2/c1-34(31(37)25-12-6-3-7-13-25)22-26(23-10-4-2-5-11-23)18-21-35-19-16-24(17-20-35)29(36)30-32-27-14-8-9-15-28(27)33-30/h2-15,24,26H,16-22H2,1H3,(H,32,33). The van der Waals surface area contributed by atoms with Crippen molar-refractivity contribution in [2.45, 2.75) is 25.2 Å². The van der Waals surface area contributed by atoms with Gasteiger partial charge in [-0.05, 0) is 68.7 Å². The number of para-hydroxylation sites is 2. The lowest BCUT2D eigenvalue weighted by Crippen LogP contribution is -2.38. The number of aromatic nitrogens is 2. The van der Waals surface area contributed by atoms with Gasteiger partial charge in [0.25, 0.3) is 5.91 Å². The van der Waals surface area contributed by atoms with E-state index in [2.05, 4.69) is 39.1 Å². The predicted octanol–water partition coefficient (Wildman–Crippen LogP) is 5.40. The number of fused-ring (bicyclic) bond motifs is 1. The Hall–Kier alpha value is -3.77. The molecule has 1 aromatic heterocycles. The highest BCUT2D eigenvalue weighted by molar-refractivity contribution is 5.97. The van der Waals surface area contributed by atoms with Crippen molar-refractivity contribution in [3.63, 3.8) is 0 Å². The molecule has 37 heavy (non-hydrogen) atoms. The van der Waals surface area contributed by atoms with E-state index in [9.17, 15) is 9.59 Å². The number of carbonyl (C=O) groups excluding carboxylic acids is 2. The van der Waals surface area contributed by atoms with E-state index in [4.69, 9.17) is 0 Å². The van der Waals surface area contributed by atoms with Crippen LogP contribution in [-0.4, -0.2) is 64.7 Å². The second-order valence-electron chi connectivity index (χ2n) is 10.0. The maximum atomic E-state index is 13.1. The molecule has 5 rings (SSSR count). The van der Waals surface area contributed by atoms with Crippen molar-refractivity contribution < 1.29 is 9.59 Å². The SMILES string of the molecule is CN(CC(CCN1CCC(C(=O)c2nc3ccccc3[nH]2)CC1)c1ccccc1)C(=O)c1ccccc1. The summed E-state index contributed by atoms with van der Waals surface area (Å²) in [6, 6.07) is 27.7. The van der Waals surface area contributed by atoms with Crippen LogP contribution in [-0.2, 0) is 0 Å². The lowest BCUT2D eigenvalue weighted by atomic mass is 9.91. The molecule has 0 radical (unpaired) electrons. The summed E-state index contributed by atoms with van der Waals surface area (Å²) >= 11 is 0. The van der Waals surface area contributed by atoms with E-state index in [1.165, 1.54) is 5.56 Å². The minimum absolute atomic E-state index is 0.0105. The van der Waals surface area contributed by atoms with Crippen LogP contribution in [0.3, 0.4) is 0 Å². The Bertz CT molecular complexity index is 1290. The molecule has 1 atom stereocenters. The second-order valence-corrected chi connectivity index (χ2v) is 10.0. The third-order valence-electron chi connectivity index (χ3n) is 7.51. The summed E-state index contributed by atoms with van der Waals surface area (Å²) in [5, 5.41) is 0. The van der Waals surface area contributed by atoms with Crippen molar-refractivity contribution in [1.82, 2.24) is 19.8 Å². The van der Waals surface area contributed by atoms with Gasteiger partial charge in [0, 0.05) is 31.0 Å². The highest BCUT2D eigenvalue weighted by Crippen LogP contribution is 2.26. The van der Waals surface area contributed by atoms with Gasteiger partial charge in [-0.1, -0.05) is 60.7 Å². The molecular weight excluding hydrogens is 460 g/mol. The number of amides is 1. The summed E-state index contributed by atoms with van der Waals surface area (Å²) < 4.78 is 0. The summed E-state index contributed by atoms with van der Waals surface area (Å²) in [4.78, 5) is 38.0. The number of imidazole rings is 1. The van der Waals surface area contributed by atoms with Crippen molar-refractivity contribution >= 4 is 22.7 Å². The number of rotatable bonds is 9. The van der Waals surface area contributed by atoms with Crippen LogP contribution in [0.2, 0.25) is 0 Å². The molecule has 6 heteroatoms. The minimum atomic E-state index is 0.0105. The Morgan fingerprint density at radius 3 is 2.30 bits per heavy atom. The number of ketones is 1. The molecule has 0 saturated carbocycles. The predicted molar refractivity (Wildman–Crippen MR) is 147 cm³/mol. The van der Waals surface area contributed by atoms with Crippen LogP contribution < -0.4 is 0 Å². The Kier molecular flexibility index (Phi) is 7.76. The van der Waals surface area contributed by atoms with Crippen molar-refractivity contribution in [1.29, 1.82) is 0 Å². The molecule has 1 aliphatic rings. The largest absolute Gasteiger partial charge is 0.341 e. The van der Waals surface area contributed by atoms with Crippen molar-refractivity contribution in [3.05, 3.63) is 102 Å². The number of Topliss-reactive ketones (excluding diaryl/α,β-unsaturated/α-hetero) is 1. The first kappa shape index (κ1) is 24.9. The van der Waals surface area contributed by atoms with Crippen LogP contribution in [0.25, 0.3) is 11.0 Å². The summed E-state index contributed by atoms with van der Waals surface area (Å²) in [5.74, 6) is 0.908. The van der Waals surface area contributed by atoms with Gasteiger partial charge in [-0.3, -0.25) is 9.59 Å². The topological polar surface area (TPSA) is 69.3 Å². The maximum Gasteiger partial charge on any atom is 0.253 e. The molecule has 2 heterocycles. The van der Waals surface area contributed by atoms with Gasteiger partial charge in [0.15, 0.2) is 5.82 Å². The number of carbonyl (C=O) groups is 2. The molecule has 6 nitrogen and oxygen atoms in total. The molecule has 1 fully saturated rings. The number of H-pyrrole nitrogens is 1. The number of aromatic amines is 1. The van der Waals surface area contributed by atoms with E-state index >= 15 is 0 Å². The van der Waals surface area contributed by atoms with E-state index in [1.54, 1.807) is 0 Å². The summed E-state index contributed by atoms with van der Waals surface area (Å²) in [6.45, 7) is 3.41. The highest BCUT2D eigenvalue weighted by atomic mass is 16.2. The zero-order valence-electron chi connectivity index (χ0n) is 21.3. The van der Waals surface area contributed by atoms with Crippen LogP contribution in [0.4, 0.5) is 0 Å². The number of benzene rings is 3. The van der Waals surface area contributed by atoms with E-state index in [0.717, 1.165) is 49.9 Å². The Labute approximate surface area is 218 Å². The van der Waals surface area contributed by atoms with Crippen LogP contribution >= 0.6 is 0 Å². The van der Waals surface area contributed by atoms with Gasteiger partial charge in [0.1, 0.15) is 0 Å². The number of nitrogens with one attached hydrogen (secondary N) is 1. The lowest BCUT2D eigenvalue weighted by molar-refractivity contribution is 0.0779. The van der Waals surface area contributed by atoms with Crippen LogP contribution in [0.15, 0.2) is 84.9 Å². The molecule has 1 aliphatic heterocycles. The molecular formula is C31H34N4O2. The third kappa shape index (κ3) is 5.97.